The zero-order valence-corrected chi connectivity index (χ0v) is 7.93. The lowest BCUT2D eigenvalue weighted by atomic mass is 9.98. The van der Waals surface area contributed by atoms with Gasteiger partial charge in [-0.25, -0.2) is 8.78 Å². The van der Waals surface area contributed by atoms with Gasteiger partial charge in [0, 0.05) is 12.3 Å². The van der Waals surface area contributed by atoms with Crippen molar-refractivity contribution < 1.29 is 8.78 Å². The minimum atomic E-state index is -2.60. The summed E-state index contributed by atoms with van der Waals surface area (Å²) < 4.78 is 26.5. The first-order valence-electron chi connectivity index (χ1n) is 4.44. The van der Waals surface area contributed by atoms with Gasteiger partial charge in [-0.1, -0.05) is 44.2 Å². The fourth-order valence-corrected chi connectivity index (χ4v) is 1.07. The molecule has 0 aliphatic carbocycles. The van der Waals surface area contributed by atoms with Gasteiger partial charge in [0.1, 0.15) is 0 Å². The van der Waals surface area contributed by atoms with Crippen molar-refractivity contribution in [3.63, 3.8) is 0 Å². The summed E-state index contributed by atoms with van der Waals surface area (Å²) in [6.07, 6.45) is -0.161. The van der Waals surface area contributed by atoms with Crippen LogP contribution in [0.25, 0.3) is 0 Å². The Morgan fingerprint density at radius 2 is 1.69 bits per heavy atom. The Morgan fingerprint density at radius 3 is 2.15 bits per heavy atom. The molecule has 0 heterocycles. The van der Waals surface area contributed by atoms with Gasteiger partial charge in [0.2, 0.25) is 0 Å². The summed E-state index contributed by atoms with van der Waals surface area (Å²) in [5, 5.41) is 0. The van der Waals surface area contributed by atoms with Crippen LogP contribution in [-0.4, -0.2) is 5.92 Å². The van der Waals surface area contributed by atoms with Gasteiger partial charge in [0.15, 0.2) is 0 Å². The molecule has 0 spiro atoms. The van der Waals surface area contributed by atoms with E-state index in [2.05, 4.69) is 0 Å². The van der Waals surface area contributed by atoms with Crippen molar-refractivity contribution in [2.75, 3.05) is 0 Å². The summed E-state index contributed by atoms with van der Waals surface area (Å²) in [6, 6.07) is 8.86. The van der Waals surface area contributed by atoms with E-state index in [1.807, 2.05) is 6.07 Å². The number of alkyl halides is 2. The van der Waals surface area contributed by atoms with Crippen molar-refractivity contribution in [1.82, 2.24) is 0 Å². The molecule has 0 aromatic heterocycles. The van der Waals surface area contributed by atoms with E-state index in [0.717, 1.165) is 0 Å². The van der Waals surface area contributed by atoms with Crippen LogP contribution in [0.5, 0.6) is 0 Å². The molecule has 0 fully saturated rings. The quantitative estimate of drug-likeness (QED) is 0.674. The molecule has 0 radical (unpaired) electrons. The third-order valence-electron chi connectivity index (χ3n) is 2.13. The molecule has 13 heavy (non-hydrogen) atoms. The van der Waals surface area contributed by atoms with Gasteiger partial charge in [-0.05, 0) is 5.56 Å². The largest absolute Gasteiger partial charge is 0.254 e. The predicted octanol–water partition coefficient (Wildman–Crippen LogP) is 3.52. The first-order chi connectivity index (χ1) is 6.02. The maximum Gasteiger partial charge on any atom is 0.254 e. The van der Waals surface area contributed by atoms with E-state index >= 15 is 0 Å². The normalized spacial score (nSPS) is 12.1. The van der Waals surface area contributed by atoms with Crippen LogP contribution in [0.4, 0.5) is 8.78 Å². The van der Waals surface area contributed by atoms with E-state index in [1.54, 1.807) is 38.1 Å². The highest BCUT2D eigenvalue weighted by Gasteiger charge is 2.32. The number of hydrogen-bond acceptors (Lipinski definition) is 0. The lowest BCUT2D eigenvalue weighted by Gasteiger charge is -2.20. The van der Waals surface area contributed by atoms with Crippen molar-refractivity contribution >= 4 is 0 Å². The molecule has 1 aromatic carbocycles. The Kier molecular flexibility index (Phi) is 3.02. The molecule has 0 nitrogen and oxygen atoms in total. The molecule has 0 unspecified atom stereocenters. The molecule has 0 aliphatic heterocycles. The van der Waals surface area contributed by atoms with E-state index in [-0.39, 0.29) is 6.42 Å². The third kappa shape index (κ3) is 2.79. The Balaban J connectivity index is 2.69. The fourth-order valence-electron chi connectivity index (χ4n) is 1.07. The zero-order valence-electron chi connectivity index (χ0n) is 7.93. The van der Waals surface area contributed by atoms with Crippen molar-refractivity contribution in [2.45, 2.75) is 26.2 Å². The van der Waals surface area contributed by atoms with E-state index in [9.17, 15) is 8.78 Å². The SMILES string of the molecule is CC(C)C(F)(F)Cc1ccccc1. The molecule has 0 N–H and O–H groups in total. The van der Waals surface area contributed by atoms with Crippen LogP contribution in [0.15, 0.2) is 30.3 Å². The van der Waals surface area contributed by atoms with E-state index in [4.69, 9.17) is 0 Å². The van der Waals surface area contributed by atoms with Gasteiger partial charge < -0.3 is 0 Å². The van der Waals surface area contributed by atoms with Crippen LogP contribution in [0.2, 0.25) is 0 Å². The second kappa shape index (κ2) is 3.86. The van der Waals surface area contributed by atoms with E-state index in [0.29, 0.717) is 5.56 Å². The Morgan fingerprint density at radius 1 is 1.15 bits per heavy atom. The molecule has 0 saturated carbocycles. The van der Waals surface area contributed by atoms with Crippen LogP contribution in [-0.2, 0) is 6.42 Å². The third-order valence-corrected chi connectivity index (χ3v) is 2.13. The first-order valence-corrected chi connectivity index (χ1v) is 4.44. The highest BCUT2D eigenvalue weighted by Crippen LogP contribution is 2.27. The van der Waals surface area contributed by atoms with Crippen molar-refractivity contribution in [1.29, 1.82) is 0 Å². The predicted molar refractivity (Wildman–Crippen MR) is 49.9 cm³/mol. The van der Waals surface area contributed by atoms with Crippen LogP contribution in [0.1, 0.15) is 19.4 Å². The molecule has 0 aliphatic rings. The fraction of sp³-hybridized carbons (Fsp3) is 0.455. The number of hydrogen-bond donors (Lipinski definition) is 0. The van der Waals surface area contributed by atoms with Gasteiger partial charge in [0.05, 0.1) is 0 Å². The van der Waals surface area contributed by atoms with Gasteiger partial charge in [0.25, 0.3) is 5.92 Å². The molecule has 0 atom stereocenters. The molecular formula is C11H14F2. The molecule has 1 rings (SSSR count). The van der Waals surface area contributed by atoms with Crippen molar-refractivity contribution in [3.05, 3.63) is 35.9 Å². The van der Waals surface area contributed by atoms with Crippen LogP contribution in [0.3, 0.4) is 0 Å². The smallest absolute Gasteiger partial charge is 0.206 e. The molecule has 2 heteroatoms. The average molecular weight is 184 g/mol. The minimum absolute atomic E-state index is 0.161. The summed E-state index contributed by atoms with van der Waals surface area (Å²) in [5.41, 5.74) is 0.696. The Labute approximate surface area is 77.6 Å². The number of benzene rings is 1. The Bertz CT molecular complexity index is 252. The van der Waals surface area contributed by atoms with Gasteiger partial charge in [-0.15, -0.1) is 0 Å². The van der Waals surface area contributed by atoms with Gasteiger partial charge in [-0.3, -0.25) is 0 Å². The minimum Gasteiger partial charge on any atom is -0.206 e. The molecule has 72 valence electrons. The monoisotopic (exact) mass is 184 g/mol. The maximum atomic E-state index is 13.2. The lowest BCUT2D eigenvalue weighted by molar-refractivity contribution is -0.0439. The first kappa shape index (κ1) is 10.2. The second-order valence-corrected chi connectivity index (χ2v) is 3.58. The van der Waals surface area contributed by atoms with Crippen molar-refractivity contribution in [2.24, 2.45) is 5.92 Å². The highest BCUT2D eigenvalue weighted by molar-refractivity contribution is 5.16. The second-order valence-electron chi connectivity index (χ2n) is 3.58. The van der Waals surface area contributed by atoms with Gasteiger partial charge in [-0.2, -0.15) is 0 Å². The Hall–Kier alpha value is -0.920. The van der Waals surface area contributed by atoms with E-state index in [1.165, 1.54) is 0 Å². The van der Waals surface area contributed by atoms with Crippen LogP contribution in [0, 0.1) is 5.92 Å². The maximum absolute atomic E-state index is 13.2. The summed E-state index contributed by atoms with van der Waals surface area (Å²) in [6.45, 7) is 3.09. The zero-order chi connectivity index (χ0) is 9.90. The number of halogens is 2. The van der Waals surface area contributed by atoms with Crippen LogP contribution >= 0.6 is 0 Å². The summed E-state index contributed by atoms with van der Waals surface area (Å²) in [7, 11) is 0. The lowest BCUT2D eigenvalue weighted by Crippen LogP contribution is -2.26. The van der Waals surface area contributed by atoms with E-state index < -0.39 is 11.8 Å². The topological polar surface area (TPSA) is 0 Å². The van der Waals surface area contributed by atoms with Gasteiger partial charge >= 0.3 is 0 Å². The summed E-state index contributed by atoms with van der Waals surface area (Å²) in [4.78, 5) is 0. The number of rotatable bonds is 3. The molecular weight excluding hydrogens is 170 g/mol. The molecule has 1 aromatic rings. The molecule has 0 saturated heterocycles. The molecule has 0 bridgehead atoms. The summed E-state index contributed by atoms with van der Waals surface area (Å²) >= 11 is 0. The standard InChI is InChI=1S/C11H14F2/c1-9(2)11(12,13)8-10-6-4-3-5-7-10/h3-7,9H,8H2,1-2H3. The average Bonchev–Trinajstić information content (AvgIpc) is 2.05. The van der Waals surface area contributed by atoms with Crippen molar-refractivity contribution in [3.8, 4) is 0 Å². The van der Waals surface area contributed by atoms with Crippen LogP contribution < -0.4 is 0 Å². The highest BCUT2D eigenvalue weighted by atomic mass is 19.3. The molecule has 0 amide bonds. The summed E-state index contributed by atoms with van der Waals surface area (Å²) in [5.74, 6) is -3.20.